The summed E-state index contributed by atoms with van der Waals surface area (Å²) in [6.07, 6.45) is 4.04. The second-order valence-electron chi connectivity index (χ2n) is 3.83. The Labute approximate surface area is 105 Å². The van der Waals surface area contributed by atoms with Crippen LogP contribution in [0.5, 0.6) is 5.75 Å². The highest BCUT2D eigenvalue weighted by Crippen LogP contribution is 2.29. The first kappa shape index (κ1) is 12.0. The van der Waals surface area contributed by atoms with E-state index >= 15 is 0 Å². The number of ether oxygens (including phenoxy) is 1. The van der Waals surface area contributed by atoms with Gasteiger partial charge >= 0.3 is 0 Å². The van der Waals surface area contributed by atoms with Gasteiger partial charge in [0.25, 0.3) is 0 Å². The van der Waals surface area contributed by atoms with E-state index in [1.807, 2.05) is 18.2 Å². The predicted molar refractivity (Wildman–Crippen MR) is 67.3 cm³/mol. The van der Waals surface area contributed by atoms with E-state index in [1.165, 1.54) is 0 Å². The van der Waals surface area contributed by atoms with Crippen molar-refractivity contribution >= 4 is 11.6 Å². The van der Waals surface area contributed by atoms with Crippen molar-refractivity contribution in [3.63, 3.8) is 0 Å². The molecule has 1 aromatic heterocycles. The summed E-state index contributed by atoms with van der Waals surface area (Å²) in [6.45, 7) is 0. The van der Waals surface area contributed by atoms with Crippen molar-refractivity contribution < 1.29 is 9.15 Å². The molecule has 1 heterocycles. The fourth-order valence-electron chi connectivity index (χ4n) is 1.76. The maximum atomic E-state index is 6.15. The first-order valence-corrected chi connectivity index (χ1v) is 5.68. The standard InChI is InChI=1S/C13H14ClNO2/c1-16-13-7-10(14)2-3-11(13)12(15)6-9-4-5-17-8-9/h2-5,7-8,12H,6,15H2,1H3. The van der Waals surface area contributed by atoms with Crippen LogP contribution in [0.1, 0.15) is 17.2 Å². The molecule has 0 amide bonds. The topological polar surface area (TPSA) is 48.4 Å². The molecular formula is C13H14ClNO2. The maximum Gasteiger partial charge on any atom is 0.125 e. The molecule has 2 rings (SSSR count). The second kappa shape index (κ2) is 5.25. The molecule has 90 valence electrons. The highest BCUT2D eigenvalue weighted by molar-refractivity contribution is 6.30. The number of furan rings is 1. The largest absolute Gasteiger partial charge is 0.496 e. The molecule has 17 heavy (non-hydrogen) atoms. The summed E-state index contributed by atoms with van der Waals surface area (Å²) < 4.78 is 10.3. The van der Waals surface area contributed by atoms with Crippen LogP contribution < -0.4 is 10.5 Å². The van der Waals surface area contributed by atoms with Gasteiger partial charge in [-0.15, -0.1) is 0 Å². The van der Waals surface area contributed by atoms with Gasteiger partial charge in [0.05, 0.1) is 19.6 Å². The predicted octanol–water partition coefficient (Wildman–Crippen LogP) is 3.18. The van der Waals surface area contributed by atoms with Gasteiger partial charge in [0.1, 0.15) is 5.75 Å². The first-order valence-electron chi connectivity index (χ1n) is 5.31. The molecule has 0 fully saturated rings. The van der Waals surface area contributed by atoms with E-state index in [2.05, 4.69) is 0 Å². The average Bonchev–Trinajstić information content (AvgIpc) is 2.81. The zero-order chi connectivity index (χ0) is 12.3. The summed E-state index contributed by atoms with van der Waals surface area (Å²) in [7, 11) is 1.61. The van der Waals surface area contributed by atoms with Crippen LogP contribution in [0.15, 0.2) is 41.2 Å². The third kappa shape index (κ3) is 2.81. The van der Waals surface area contributed by atoms with E-state index in [-0.39, 0.29) is 6.04 Å². The molecule has 0 aliphatic rings. The highest BCUT2D eigenvalue weighted by atomic mass is 35.5. The zero-order valence-corrected chi connectivity index (χ0v) is 10.3. The minimum atomic E-state index is -0.139. The Kier molecular flexibility index (Phi) is 3.71. The molecule has 2 aromatic rings. The smallest absolute Gasteiger partial charge is 0.125 e. The number of hydrogen-bond acceptors (Lipinski definition) is 3. The van der Waals surface area contributed by atoms with E-state index in [4.69, 9.17) is 26.5 Å². The van der Waals surface area contributed by atoms with Gasteiger partial charge in [0.2, 0.25) is 0 Å². The average molecular weight is 252 g/mol. The van der Waals surface area contributed by atoms with Crippen LogP contribution in [0.25, 0.3) is 0 Å². The molecule has 0 saturated heterocycles. The SMILES string of the molecule is COc1cc(Cl)ccc1C(N)Cc1ccoc1. The third-order valence-corrected chi connectivity index (χ3v) is 2.87. The number of nitrogens with two attached hydrogens (primary N) is 1. The van der Waals surface area contributed by atoms with Crippen LogP contribution in [0.4, 0.5) is 0 Å². The van der Waals surface area contributed by atoms with Gasteiger partial charge in [-0.3, -0.25) is 0 Å². The lowest BCUT2D eigenvalue weighted by atomic mass is 10.0. The summed E-state index contributed by atoms with van der Waals surface area (Å²) in [4.78, 5) is 0. The van der Waals surface area contributed by atoms with Gasteiger partial charge in [-0.25, -0.2) is 0 Å². The van der Waals surface area contributed by atoms with Crippen molar-refractivity contribution in [2.24, 2.45) is 5.73 Å². The first-order chi connectivity index (χ1) is 8.20. The van der Waals surface area contributed by atoms with E-state index in [0.29, 0.717) is 17.2 Å². The normalized spacial score (nSPS) is 12.4. The summed E-state index contributed by atoms with van der Waals surface area (Å²) in [5.41, 5.74) is 8.15. The lowest BCUT2D eigenvalue weighted by Crippen LogP contribution is -2.14. The van der Waals surface area contributed by atoms with Crippen LogP contribution in [-0.4, -0.2) is 7.11 Å². The van der Waals surface area contributed by atoms with Crippen molar-refractivity contribution in [3.8, 4) is 5.75 Å². The maximum absolute atomic E-state index is 6.15. The molecule has 3 nitrogen and oxygen atoms in total. The lowest BCUT2D eigenvalue weighted by Gasteiger charge is -2.15. The zero-order valence-electron chi connectivity index (χ0n) is 9.52. The third-order valence-electron chi connectivity index (χ3n) is 2.63. The molecule has 0 saturated carbocycles. The van der Waals surface area contributed by atoms with Crippen molar-refractivity contribution in [2.75, 3.05) is 7.11 Å². The minimum Gasteiger partial charge on any atom is -0.496 e. The van der Waals surface area contributed by atoms with Crippen LogP contribution in [0, 0.1) is 0 Å². The number of methoxy groups -OCH3 is 1. The van der Waals surface area contributed by atoms with Crippen molar-refractivity contribution in [3.05, 3.63) is 52.9 Å². The molecule has 1 aromatic carbocycles. The van der Waals surface area contributed by atoms with E-state index in [9.17, 15) is 0 Å². The second-order valence-corrected chi connectivity index (χ2v) is 4.26. The fraction of sp³-hybridized carbons (Fsp3) is 0.231. The van der Waals surface area contributed by atoms with Crippen LogP contribution in [0.3, 0.4) is 0 Å². The Morgan fingerprint density at radius 3 is 2.88 bits per heavy atom. The number of hydrogen-bond donors (Lipinski definition) is 1. The summed E-state index contributed by atoms with van der Waals surface area (Å²) in [5.74, 6) is 0.716. The van der Waals surface area contributed by atoms with Crippen molar-refractivity contribution in [2.45, 2.75) is 12.5 Å². The number of benzene rings is 1. The number of rotatable bonds is 4. The Morgan fingerprint density at radius 2 is 2.24 bits per heavy atom. The van der Waals surface area contributed by atoms with Gasteiger partial charge in [-0.1, -0.05) is 17.7 Å². The lowest BCUT2D eigenvalue weighted by molar-refractivity contribution is 0.405. The molecule has 0 radical (unpaired) electrons. The molecule has 0 aliphatic heterocycles. The van der Waals surface area contributed by atoms with Crippen LogP contribution in [0.2, 0.25) is 5.02 Å². The quantitative estimate of drug-likeness (QED) is 0.908. The Balaban J connectivity index is 2.21. The van der Waals surface area contributed by atoms with Crippen LogP contribution in [-0.2, 0) is 6.42 Å². The summed E-state index contributed by atoms with van der Waals surface area (Å²) in [6, 6.07) is 7.24. The number of halogens is 1. The molecule has 0 spiro atoms. The summed E-state index contributed by atoms with van der Waals surface area (Å²) >= 11 is 5.91. The van der Waals surface area contributed by atoms with Gasteiger partial charge in [-0.05, 0) is 30.2 Å². The molecule has 1 unspecified atom stereocenters. The Bertz CT molecular complexity index is 482. The summed E-state index contributed by atoms with van der Waals surface area (Å²) in [5, 5.41) is 0.640. The minimum absolute atomic E-state index is 0.139. The molecular weight excluding hydrogens is 238 g/mol. The van der Waals surface area contributed by atoms with Crippen LogP contribution >= 0.6 is 11.6 Å². The van der Waals surface area contributed by atoms with Gasteiger partial charge in [0, 0.05) is 16.6 Å². The van der Waals surface area contributed by atoms with Crippen molar-refractivity contribution in [1.29, 1.82) is 0 Å². The van der Waals surface area contributed by atoms with E-state index in [0.717, 1.165) is 11.1 Å². The molecule has 0 bridgehead atoms. The Hall–Kier alpha value is -1.45. The molecule has 2 N–H and O–H groups in total. The monoisotopic (exact) mass is 251 g/mol. The fourth-order valence-corrected chi connectivity index (χ4v) is 1.93. The Morgan fingerprint density at radius 1 is 1.41 bits per heavy atom. The van der Waals surface area contributed by atoms with Crippen molar-refractivity contribution in [1.82, 2.24) is 0 Å². The molecule has 1 atom stereocenters. The highest BCUT2D eigenvalue weighted by Gasteiger charge is 2.13. The molecule has 4 heteroatoms. The van der Waals surface area contributed by atoms with E-state index in [1.54, 1.807) is 25.7 Å². The van der Waals surface area contributed by atoms with Gasteiger partial charge in [-0.2, -0.15) is 0 Å². The molecule has 0 aliphatic carbocycles. The van der Waals surface area contributed by atoms with E-state index < -0.39 is 0 Å². The van der Waals surface area contributed by atoms with Gasteiger partial charge in [0.15, 0.2) is 0 Å². The van der Waals surface area contributed by atoms with Gasteiger partial charge < -0.3 is 14.9 Å².